The van der Waals surface area contributed by atoms with Crippen LogP contribution in [-0.2, 0) is 0 Å². The summed E-state index contributed by atoms with van der Waals surface area (Å²) < 4.78 is 0. The molecule has 0 aromatic heterocycles. The van der Waals surface area contributed by atoms with E-state index >= 15 is 0 Å². The van der Waals surface area contributed by atoms with Crippen LogP contribution in [0.1, 0.15) is 15.9 Å². The van der Waals surface area contributed by atoms with Gasteiger partial charge in [0, 0.05) is 32.7 Å². The second kappa shape index (κ2) is 6.97. The number of rotatable bonds is 2. The van der Waals surface area contributed by atoms with Crippen LogP contribution in [0, 0.1) is 0 Å². The molecule has 0 saturated carbocycles. The average molecular weight is 428 g/mol. The normalized spacial score (nSPS) is 13.6. The smallest absolute Gasteiger partial charge is 0.197 e. The molecule has 4 nitrogen and oxygen atoms in total. The first-order valence-corrected chi connectivity index (χ1v) is 10.6. The maximum Gasteiger partial charge on any atom is 0.197 e. The predicted molar refractivity (Wildman–Crippen MR) is 132 cm³/mol. The Morgan fingerprint density at radius 2 is 1.18 bits per heavy atom. The Labute approximate surface area is 187 Å². The quantitative estimate of drug-likeness (QED) is 0.449. The lowest BCUT2D eigenvalue weighted by molar-refractivity contribution is 0.103. The first kappa shape index (κ1) is 19.1. The van der Waals surface area contributed by atoms with E-state index in [1.807, 2.05) is 36.4 Å². The van der Waals surface area contributed by atoms with Crippen LogP contribution in [0.25, 0.3) is 44.2 Å². The Hall–Kier alpha value is -4.57. The maximum absolute atomic E-state index is 13.1. The monoisotopic (exact) mass is 428 g/mol. The molecule has 33 heavy (non-hydrogen) atoms. The van der Waals surface area contributed by atoms with Crippen LogP contribution >= 0.6 is 0 Å². The minimum Gasteiger partial charge on any atom is -0.507 e. The fourth-order valence-electron chi connectivity index (χ4n) is 4.78. The van der Waals surface area contributed by atoms with E-state index < -0.39 is 0 Å². The van der Waals surface area contributed by atoms with Crippen LogP contribution in [0.2, 0.25) is 0 Å². The van der Waals surface area contributed by atoms with Crippen molar-refractivity contribution in [3.05, 3.63) is 127 Å². The van der Waals surface area contributed by atoms with Crippen LogP contribution < -0.4 is 16.1 Å². The Morgan fingerprint density at radius 1 is 0.636 bits per heavy atom. The van der Waals surface area contributed by atoms with Gasteiger partial charge in [-0.1, -0.05) is 78.9 Å². The van der Waals surface area contributed by atoms with Gasteiger partial charge in [0.15, 0.2) is 16.6 Å². The molecule has 0 atom stereocenters. The van der Waals surface area contributed by atoms with Crippen molar-refractivity contribution in [2.24, 2.45) is 0 Å². The Kier molecular flexibility index (Phi) is 4.04. The highest BCUT2D eigenvalue weighted by Crippen LogP contribution is 2.35. The molecular weight excluding hydrogens is 412 g/mol. The highest BCUT2D eigenvalue weighted by atomic mass is 16.3. The van der Waals surface area contributed by atoms with Crippen LogP contribution in [0.4, 0.5) is 0 Å². The van der Waals surface area contributed by atoms with Gasteiger partial charge in [-0.05, 0) is 22.9 Å². The van der Waals surface area contributed by atoms with Crippen molar-refractivity contribution in [1.29, 1.82) is 0 Å². The average Bonchev–Trinajstić information content (AvgIpc) is 2.84. The van der Waals surface area contributed by atoms with Crippen LogP contribution in [0.3, 0.4) is 0 Å². The van der Waals surface area contributed by atoms with Gasteiger partial charge >= 0.3 is 0 Å². The molecule has 1 N–H and O–H groups in total. The summed E-state index contributed by atoms with van der Waals surface area (Å²) in [5.41, 5.74) is 0.518. The number of carbonyl (C=O) groups excluding carboxylic acids is 1. The van der Waals surface area contributed by atoms with E-state index in [1.54, 1.807) is 36.4 Å². The number of aliphatic hydroxyl groups is 1. The summed E-state index contributed by atoms with van der Waals surface area (Å²) >= 11 is 0. The molecule has 5 aromatic rings. The Bertz CT molecular complexity index is 1810. The van der Waals surface area contributed by atoms with E-state index in [-0.39, 0.29) is 33.2 Å². The lowest BCUT2D eigenvalue weighted by atomic mass is 9.86. The topological polar surface area (TPSA) is 71.4 Å². The summed E-state index contributed by atoms with van der Waals surface area (Å²) in [4.78, 5) is 39.2. The summed E-state index contributed by atoms with van der Waals surface area (Å²) in [7, 11) is 0. The number of benzene rings is 5. The van der Waals surface area contributed by atoms with Crippen LogP contribution in [-0.4, -0.2) is 10.9 Å². The molecule has 0 saturated heterocycles. The van der Waals surface area contributed by atoms with Crippen molar-refractivity contribution in [2.45, 2.75) is 0 Å². The molecule has 6 rings (SSSR count). The molecule has 5 aromatic carbocycles. The minimum absolute atomic E-state index is 0.0308. The third-order valence-corrected chi connectivity index (χ3v) is 6.31. The highest BCUT2D eigenvalue weighted by Gasteiger charge is 2.25. The largest absolute Gasteiger partial charge is 0.507 e. The highest BCUT2D eigenvalue weighted by molar-refractivity contribution is 6.25. The predicted octanol–water partition coefficient (Wildman–Crippen LogP) is 4.53. The van der Waals surface area contributed by atoms with Crippen molar-refractivity contribution in [2.75, 3.05) is 0 Å². The van der Waals surface area contributed by atoms with E-state index in [0.29, 0.717) is 27.3 Å². The number of allylic oxidation sites excluding steroid dienone is 3. The summed E-state index contributed by atoms with van der Waals surface area (Å²) in [5, 5.41) is 14.9. The molecule has 4 heteroatoms. The molecule has 0 spiro atoms. The second-order valence-electron chi connectivity index (χ2n) is 8.11. The van der Waals surface area contributed by atoms with Gasteiger partial charge < -0.3 is 5.11 Å². The number of aliphatic hydroxyl groups excluding tert-OH is 1. The molecule has 0 radical (unpaired) electrons. The van der Waals surface area contributed by atoms with Crippen molar-refractivity contribution in [3.63, 3.8) is 0 Å². The third kappa shape index (κ3) is 2.68. The Morgan fingerprint density at radius 3 is 1.82 bits per heavy atom. The maximum atomic E-state index is 13.1. The van der Waals surface area contributed by atoms with Gasteiger partial charge in [0.1, 0.15) is 5.76 Å². The van der Waals surface area contributed by atoms with Crippen molar-refractivity contribution in [1.82, 2.24) is 0 Å². The number of carbonyl (C=O) groups is 1. The van der Waals surface area contributed by atoms with Crippen molar-refractivity contribution >= 4 is 49.9 Å². The van der Waals surface area contributed by atoms with Crippen LogP contribution in [0.5, 0.6) is 0 Å². The fourth-order valence-corrected chi connectivity index (χ4v) is 4.78. The van der Waals surface area contributed by atoms with Gasteiger partial charge in [-0.25, -0.2) is 0 Å². The first-order valence-electron chi connectivity index (χ1n) is 10.6. The summed E-state index contributed by atoms with van der Waals surface area (Å²) in [5.74, 6) is -0.418. The molecular formula is C29H16O4. The summed E-state index contributed by atoms with van der Waals surface area (Å²) in [6.45, 7) is 0. The van der Waals surface area contributed by atoms with E-state index in [1.165, 1.54) is 18.2 Å². The first-order chi connectivity index (χ1) is 16.1. The number of ketones is 1. The molecule has 0 bridgehead atoms. The van der Waals surface area contributed by atoms with Gasteiger partial charge in [-0.3, -0.25) is 14.4 Å². The Balaban J connectivity index is 1.55. The minimum atomic E-state index is -0.350. The fraction of sp³-hybridized carbons (Fsp3) is 0. The van der Waals surface area contributed by atoms with Crippen molar-refractivity contribution in [3.8, 4) is 0 Å². The number of Topliss-reactive ketones (excluding diaryl/α,β-unsaturated/α-hetero) is 1. The van der Waals surface area contributed by atoms with E-state index in [2.05, 4.69) is 0 Å². The van der Waals surface area contributed by atoms with Gasteiger partial charge in [-0.2, -0.15) is 0 Å². The molecule has 0 heterocycles. The molecule has 1 aliphatic carbocycles. The zero-order valence-electron chi connectivity index (χ0n) is 17.3. The van der Waals surface area contributed by atoms with E-state index in [9.17, 15) is 19.5 Å². The molecule has 156 valence electrons. The zero-order chi connectivity index (χ0) is 22.7. The van der Waals surface area contributed by atoms with Gasteiger partial charge in [0.25, 0.3) is 0 Å². The lowest BCUT2D eigenvalue weighted by Crippen LogP contribution is -2.38. The molecule has 0 aliphatic heterocycles. The summed E-state index contributed by atoms with van der Waals surface area (Å²) in [6, 6.07) is 21.7. The van der Waals surface area contributed by atoms with Gasteiger partial charge in [0.05, 0.1) is 10.8 Å². The third-order valence-electron chi connectivity index (χ3n) is 6.31. The van der Waals surface area contributed by atoms with Crippen LogP contribution in [0.15, 0.2) is 100 Å². The zero-order valence-corrected chi connectivity index (χ0v) is 17.3. The van der Waals surface area contributed by atoms with Gasteiger partial charge in [-0.15, -0.1) is 0 Å². The SMILES string of the molecule is O=C1C(C=CC=c2c(=O)c3cccc4cccc(c2=O)c43)=C(O)c2cccc3cccc1c23. The van der Waals surface area contributed by atoms with E-state index in [0.717, 1.165) is 16.2 Å². The molecule has 0 fully saturated rings. The standard InChI is InChI=1S/C29H16O4/c30-26-18-10-1-6-16-7-2-11-19(24(16)18)27(31)22(26)14-5-15-23-28(32)20-12-3-8-17-9-4-13-21(25(17)20)29(23)33/h1-15,30H. The molecule has 0 amide bonds. The number of hydrogen-bond donors (Lipinski definition) is 1. The lowest BCUT2D eigenvalue weighted by Gasteiger charge is -2.17. The number of hydrogen-bond acceptors (Lipinski definition) is 4. The second-order valence-corrected chi connectivity index (χ2v) is 8.11. The van der Waals surface area contributed by atoms with Crippen molar-refractivity contribution < 1.29 is 9.90 Å². The van der Waals surface area contributed by atoms with Gasteiger partial charge in [0.2, 0.25) is 0 Å². The molecule has 0 unspecified atom stereocenters. The van der Waals surface area contributed by atoms with E-state index in [4.69, 9.17) is 0 Å². The molecule has 1 aliphatic rings. The summed E-state index contributed by atoms with van der Waals surface area (Å²) in [6.07, 6.45) is 4.37.